The highest BCUT2D eigenvalue weighted by molar-refractivity contribution is 5.75. The molecule has 3 aromatic rings. The first-order chi connectivity index (χ1) is 20.9. The zero-order chi connectivity index (χ0) is 31.3. The van der Waals surface area contributed by atoms with Gasteiger partial charge in [0.2, 0.25) is 0 Å². The number of carbonyl (C=O) groups excluding carboxylic acids is 2. The zero-order valence-corrected chi connectivity index (χ0v) is 26.8. The summed E-state index contributed by atoms with van der Waals surface area (Å²) in [7, 11) is 0. The second-order valence-corrected chi connectivity index (χ2v) is 14.0. The molecule has 9 nitrogen and oxygen atoms in total. The summed E-state index contributed by atoms with van der Waals surface area (Å²) in [4.78, 5) is 29.7. The van der Waals surface area contributed by atoms with Crippen molar-refractivity contribution in [2.45, 2.75) is 96.6 Å². The Morgan fingerprint density at radius 3 is 2.34 bits per heavy atom. The molecular weight excluding hydrogens is 556 g/mol. The second-order valence-electron chi connectivity index (χ2n) is 14.0. The van der Waals surface area contributed by atoms with Gasteiger partial charge in [-0.25, -0.2) is 9.59 Å². The minimum absolute atomic E-state index is 0.117. The molecule has 2 fully saturated rings. The second kappa shape index (κ2) is 11.2. The van der Waals surface area contributed by atoms with Gasteiger partial charge in [0.1, 0.15) is 29.3 Å². The normalized spacial score (nSPS) is 20.4. The van der Waals surface area contributed by atoms with Crippen LogP contribution >= 0.6 is 0 Å². The summed E-state index contributed by atoms with van der Waals surface area (Å²) < 4.78 is 20.4. The Balaban J connectivity index is 1.24. The van der Waals surface area contributed by atoms with E-state index in [1.54, 1.807) is 4.90 Å². The van der Waals surface area contributed by atoms with Gasteiger partial charge < -0.3 is 24.0 Å². The van der Waals surface area contributed by atoms with E-state index < -0.39 is 16.7 Å². The Morgan fingerprint density at radius 2 is 1.66 bits per heavy atom. The molecule has 1 aromatic heterocycles. The van der Waals surface area contributed by atoms with E-state index in [9.17, 15) is 9.59 Å². The van der Waals surface area contributed by atoms with Crippen LogP contribution in [0.1, 0.15) is 83.2 Å². The lowest BCUT2D eigenvalue weighted by Crippen LogP contribution is -2.54. The van der Waals surface area contributed by atoms with Crippen LogP contribution in [0.3, 0.4) is 0 Å². The van der Waals surface area contributed by atoms with Gasteiger partial charge in [-0.3, -0.25) is 4.68 Å². The van der Waals surface area contributed by atoms with Gasteiger partial charge >= 0.3 is 12.2 Å². The van der Waals surface area contributed by atoms with E-state index >= 15 is 0 Å². The summed E-state index contributed by atoms with van der Waals surface area (Å²) in [5.74, 6) is 0.824. The van der Waals surface area contributed by atoms with Crippen molar-refractivity contribution < 1.29 is 23.8 Å². The van der Waals surface area contributed by atoms with Gasteiger partial charge in [-0.05, 0) is 72.1 Å². The number of aromatic nitrogens is 2. The van der Waals surface area contributed by atoms with Crippen molar-refractivity contribution in [3.8, 4) is 17.0 Å². The molecule has 3 aliphatic heterocycles. The van der Waals surface area contributed by atoms with Gasteiger partial charge in [0.25, 0.3) is 0 Å². The minimum Gasteiger partial charge on any atom is -0.482 e. The topological polar surface area (TPSA) is 86.1 Å². The van der Waals surface area contributed by atoms with Crippen LogP contribution in [-0.4, -0.2) is 62.5 Å². The quantitative estimate of drug-likeness (QED) is 0.315. The van der Waals surface area contributed by atoms with E-state index in [4.69, 9.17) is 19.3 Å². The Labute approximate surface area is 260 Å². The van der Waals surface area contributed by atoms with E-state index in [0.717, 1.165) is 46.7 Å². The monoisotopic (exact) mass is 600 g/mol. The zero-order valence-electron chi connectivity index (χ0n) is 26.8. The summed E-state index contributed by atoms with van der Waals surface area (Å²) in [6.07, 6.45) is 2.25. The fraction of sp³-hybridized carbons (Fsp3) is 0.514. The summed E-state index contributed by atoms with van der Waals surface area (Å²) in [5.41, 5.74) is 3.58. The Hall–Kier alpha value is -4.01. The predicted molar refractivity (Wildman–Crippen MR) is 167 cm³/mol. The maximum absolute atomic E-state index is 13.1. The molecule has 6 rings (SSSR count). The Kier molecular flexibility index (Phi) is 7.62. The number of nitrogens with zero attached hydrogens (tertiary/aromatic N) is 4. The van der Waals surface area contributed by atoms with Crippen molar-refractivity contribution in [3.05, 3.63) is 71.4 Å². The van der Waals surface area contributed by atoms with Gasteiger partial charge in [0.05, 0.1) is 6.04 Å². The van der Waals surface area contributed by atoms with Crippen LogP contribution in [0, 0.1) is 6.92 Å². The first kappa shape index (κ1) is 30.0. The molecule has 1 atom stereocenters. The first-order valence-corrected chi connectivity index (χ1v) is 15.7. The molecule has 1 spiro atoms. The molecule has 0 saturated carbocycles. The van der Waals surface area contributed by atoms with E-state index in [2.05, 4.69) is 31.5 Å². The van der Waals surface area contributed by atoms with Crippen LogP contribution in [0.25, 0.3) is 11.3 Å². The molecule has 2 amide bonds. The standard InChI is InChI=1S/C35H44N4O5/c1-24-29-30(36-39(24)26-16-19-38(34(5,6)22-26)32(41)44-33(2,3)4)27-14-10-11-15-28(27)43-35(29)17-20-37(21-18-35)31(40)42-23-25-12-8-7-9-13-25/h7-15,26H,16-23H2,1-6H3/t26-/m1/s1. The van der Waals surface area contributed by atoms with Crippen LogP contribution < -0.4 is 4.74 Å². The third-order valence-electron chi connectivity index (χ3n) is 9.20. The molecule has 44 heavy (non-hydrogen) atoms. The molecular formula is C35H44N4O5. The molecule has 0 N–H and O–H groups in total. The van der Waals surface area contributed by atoms with Crippen LogP contribution in [0.5, 0.6) is 5.75 Å². The summed E-state index contributed by atoms with van der Waals surface area (Å²) in [5, 5.41) is 5.27. The van der Waals surface area contributed by atoms with Gasteiger partial charge in [-0.1, -0.05) is 42.5 Å². The molecule has 4 heterocycles. The first-order valence-electron chi connectivity index (χ1n) is 15.7. The van der Waals surface area contributed by atoms with E-state index in [0.29, 0.717) is 32.5 Å². The molecule has 9 heteroatoms. The van der Waals surface area contributed by atoms with Crippen LogP contribution in [0.15, 0.2) is 54.6 Å². The Bertz CT molecular complexity index is 1530. The van der Waals surface area contributed by atoms with E-state index in [1.807, 2.05) is 74.2 Å². The molecule has 0 bridgehead atoms. The van der Waals surface area contributed by atoms with E-state index in [-0.39, 0.29) is 24.8 Å². The number of amides is 2. The molecule has 3 aliphatic rings. The number of carbonyl (C=O) groups is 2. The number of likely N-dealkylation sites (tertiary alicyclic amines) is 2. The van der Waals surface area contributed by atoms with E-state index in [1.165, 1.54) is 0 Å². The third-order valence-corrected chi connectivity index (χ3v) is 9.20. The van der Waals surface area contributed by atoms with Crippen molar-refractivity contribution in [1.82, 2.24) is 19.6 Å². The van der Waals surface area contributed by atoms with Crippen molar-refractivity contribution in [2.75, 3.05) is 19.6 Å². The van der Waals surface area contributed by atoms with Crippen molar-refractivity contribution in [2.24, 2.45) is 0 Å². The molecule has 2 aromatic carbocycles. The molecule has 0 radical (unpaired) electrons. The number of hydrogen-bond donors (Lipinski definition) is 0. The summed E-state index contributed by atoms with van der Waals surface area (Å²) in [6, 6.07) is 18.0. The number of rotatable bonds is 3. The summed E-state index contributed by atoms with van der Waals surface area (Å²) >= 11 is 0. The largest absolute Gasteiger partial charge is 0.482 e. The average Bonchev–Trinajstić information content (AvgIpc) is 3.33. The fourth-order valence-corrected chi connectivity index (χ4v) is 7.07. The lowest BCUT2D eigenvalue weighted by molar-refractivity contribution is -0.0145. The van der Waals surface area contributed by atoms with Crippen LogP contribution in [0.2, 0.25) is 0 Å². The summed E-state index contributed by atoms with van der Waals surface area (Å²) in [6.45, 7) is 13.9. The van der Waals surface area contributed by atoms with Gasteiger partial charge in [0.15, 0.2) is 0 Å². The lowest BCUT2D eigenvalue weighted by Gasteiger charge is -2.46. The Morgan fingerprint density at radius 1 is 0.977 bits per heavy atom. The average molecular weight is 601 g/mol. The number of benzene rings is 2. The van der Waals surface area contributed by atoms with Crippen molar-refractivity contribution in [1.29, 1.82) is 0 Å². The number of piperidine rings is 2. The highest BCUT2D eigenvalue weighted by Gasteiger charge is 2.49. The molecule has 0 unspecified atom stereocenters. The number of ether oxygens (including phenoxy) is 3. The fourth-order valence-electron chi connectivity index (χ4n) is 7.07. The predicted octanol–water partition coefficient (Wildman–Crippen LogP) is 7.23. The maximum Gasteiger partial charge on any atom is 0.410 e. The third kappa shape index (κ3) is 5.64. The van der Waals surface area contributed by atoms with Gasteiger partial charge in [0, 0.05) is 54.8 Å². The van der Waals surface area contributed by atoms with Gasteiger partial charge in [-0.2, -0.15) is 5.10 Å². The van der Waals surface area contributed by atoms with Gasteiger partial charge in [-0.15, -0.1) is 0 Å². The van der Waals surface area contributed by atoms with Crippen LogP contribution in [0.4, 0.5) is 9.59 Å². The van der Waals surface area contributed by atoms with Crippen molar-refractivity contribution >= 4 is 12.2 Å². The number of hydrogen-bond acceptors (Lipinski definition) is 6. The number of para-hydroxylation sites is 1. The molecule has 2 saturated heterocycles. The smallest absolute Gasteiger partial charge is 0.410 e. The molecule has 0 aliphatic carbocycles. The van der Waals surface area contributed by atoms with Crippen LogP contribution in [-0.2, 0) is 21.7 Å². The highest BCUT2D eigenvalue weighted by Crippen LogP contribution is 2.51. The maximum atomic E-state index is 13.1. The minimum atomic E-state index is -0.588. The SMILES string of the molecule is Cc1c2c(nn1[C@@H]1CCN(C(=O)OC(C)(C)C)C(C)(C)C1)-c1ccccc1OC21CCN(C(=O)OCc2ccccc2)CC1. The van der Waals surface area contributed by atoms with Crippen molar-refractivity contribution in [3.63, 3.8) is 0 Å². The highest BCUT2D eigenvalue weighted by atomic mass is 16.6. The lowest BCUT2D eigenvalue weighted by atomic mass is 9.79. The molecule has 234 valence electrons. The number of fused-ring (bicyclic) bond motifs is 4.